The minimum atomic E-state index is -0.117. The molecular weight excluding hydrogens is 305 g/mol. The zero-order chi connectivity index (χ0) is 11.0. The van der Waals surface area contributed by atoms with Crippen LogP contribution in [0.2, 0.25) is 0 Å². The first-order chi connectivity index (χ1) is 7.09. The second-order valence-corrected chi connectivity index (χ2v) is 4.74. The number of rotatable bonds is 1. The highest BCUT2D eigenvalue weighted by Gasteiger charge is 2.28. The summed E-state index contributed by atoms with van der Waals surface area (Å²) in [6, 6.07) is 7.54. The molecule has 1 aliphatic rings. The van der Waals surface area contributed by atoms with E-state index in [1.165, 1.54) is 4.90 Å². The smallest absolute Gasteiger partial charge is 0.258 e. The van der Waals surface area contributed by atoms with Crippen molar-refractivity contribution in [3.05, 3.63) is 39.2 Å². The summed E-state index contributed by atoms with van der Waals surface area (Å²) in [7, 11) is 1.68. The third kappa shape index (κ3) is 1.86. The summed E-state index contributed by atoms with van der Waals surface area (Å²) in [4.78, 5) is 13.2. The lowest BCUT2D eigenvalue weighted by Gasteiger charge is -2.07. The van der Waals surface area contributed by atoms with Gasteiger partial charge in [0.1, 0.15) is 5.76 Å². The van der Waals surface area contributed by atoms with Crippen LogP contribution in [0.4, 0.5) is 0 Å². The van der Waals surface area contributed by atoms with Crippen LogP contribution in [-0.2, 0) is 4.79 Å². The average Bonchev–Trinajstić information content (AvgIpc) is 2.44. The quantitative estimate of drug-likeness (QED) is 0.806. The third-order valence-electron chi connectivity index (χ3n) is 2.37. The van der Waals surface area contributed by atoms with Crippen molar-refractivity contribution >= 4 is 34.1 Å². The maximum Gasteiger partial charge on any atom is 0.258 e. The van der Waals surface area contributed by atoms with E-state index in [2.05, 4.69) is 22.6 Å². The number of nitrogens with zero attached hydrogens (tertiary/aromatic N) is 1. The highest BCUT2D eigenvalue weighted by Crippen LogP contribution is 2.26. The maximum atomic E-state index is 11.7. The third-order valence-corrected chi connectivity index (χ3v) is 3.09. The summed E-state index contributed by atoms with van der Waals surface area (Å²) in [5.74, 6) is 0.0393. The number of aliphatic hydroxyl groups is 1. The van der Waals surface area contributed by atoms with Crippen LogP contribution in [0.15, 0.2) is 30.0 Å². The fourth-order valence-electron chi connectivity index (χ4n) is 1.60. The van der Waals surface area contributed by atoms with Crippen molar-refractivity contribution in [3.63, 3.8) is 0 Å². The number of carbonyl (C=O) groups is 1. The van der Waals surface area contributed by atoms with E-state index in [-0.39, 0.29) is 11.7 Å². The van der Waals surface area contributed by atoms with Gasteiger partial charge in [0, 0.05) is 10.6 Å². The topological polar surface area (TPSA) is 40.5 Å². The van der Waals surface area contributed by atoms with E-state index in [0.29, 0.717) is 12.1 Å². The number of halogens is 1. The Labute approximate surface area is 102 Å². The summed E-state index contributed by atoms with van der Waals surface area (Å²) >= 11 is 2.20. The molecule has 0 aromatic heterocycles. The second kappa shape index (κ2) is 3.84. The molecule has 0 saturated carbocycles. The fraction of sp³-hybridized carbons (Fsp3) is 0.182. The van der Waals surface area contributed by atoms with Gasteiger partial charge in [-0.3, -0.25) is 4.79 Å². The van der Waals surface area contributed by atoms with Crippen LogP contribution in [0, 0.1) is 3.57 Å². The van der Waals surface area contributed by atoms with Crippen molar-refractivity contribution in [1.29, 1.82) is 0 Å². The molecule has 1 heterocycles. The maximum absolute atomic E-state index is 11.7. The highest BCUT2D eigenvalue weighted by molar-refractivity contribution is 14.1. The molecule has 3 nitrogen and oxygen atoms in total. The molecule has 0 fully saturated rings. The molecule has 1 aliphatic heterocycles. The van der Waals surface area contributed by atoms with Crippen LogP contribution in [0.1, 0.15) is 5.56 Å². The van der Waals surface area contributed by atoms with Crippen molar-refractivity contribution in [3.8, 4) is 0 Å². The first kappa shape index (κ1) is 10.5. The number of benzene rings is 1. The Kier molecular flexibility index (Phi) is 2.68. The lowest BCUT2D eigenvalue weighted by Crippen LogP contribution is -2.21. The van der Waals surface area contributed by atoms with Gasteiger partial charge in [-0.1, -0.05) is 12.1 Å². The molecule has 0 spiro atoms. The largest absolute Gasteiger partial charge is 0.510 e. The van der Waals surface area contributed by atoms with Gasteiger partial charge < -0.3 is 10.0 Å². The molecule has 4 heteroatoms. The Bertz CT molecular complexity index is 436. The number of hydrogen-bond donors (Lipinski definition) is 1. The molecule has 1 aromatic carbocycles. The van der Waals surface area contributed by atoms with E-state index in [1.807, 2.05) is 24.3 Å². The molecule has 0 radical (unpaired) electrons. The first-order valence-electron chi connectivity index (χ1n) is 4.53. The average molecular weight is 315 g/mol. The van der Waals surface area contributed by atoms with Crippen LogP contribution < -0.4 is 0 Å². The Hall–Kier alpha value is -1.04. The van der Waals surface area contributed by atoms with Gasteiger partial charge in [-0.25, -0.2) is 0 Å². The zero-order valence-corrected chi connectivity index (χ0v) is 10.4. The van der Waals surface area contributed by atoms with Gasteiger partial charge in [0.15, 0.2) is 0 Å². The second-order valence-electron chi connectivity index (χ2n) is 3.49. The minimum Gasteiger partial charge on any atom is -0.510 e. The van der Waals surface area contributed by atoms with Gasteiger partial charge in [-0.05, 0) is 40.3 Å². The summed E-state index contributed by atoms with van der Waals surface area (Å²) in [6.07, 6.45) is 0. The highest BCUT2D eigenvalue weighted by atomic mass is 127. The van der Waals surface area contributed by atoms with Crippen LogP contribution in [0.3, 0.4) is 0 Å². The van der Waals surface area contributed by atoms with Crippen molar-refractivity contribution in [2.75, 3.05) is 13.6 Å². The number of aliphatic hydroxyl groups excluding tert-OH is 1. The summed E-state index contributed by atoms with van der Waals surface area (Å²) in [6.45, 7) is 0.306. The van der Waals surface area contributed by atoms with E-state index in [9.17, 15) is 9.90 Å². The zero-order valence-electron chi connectivity index (χ0n) is 8.20. The van der Waals surface area contributed by atoms with Crippen LogP contribution >= 0.6 is 22.6 Å². The monoisotopic (exact) mass is 315 g/mol. The number of carbonyl (C=O) groups excluding carboxylic acids is 1. The molecule has 1 N–H and O–H groups in total. The lowest BCUT2D eigenvalue weighted by atomic mass is 10.1. The number of amides is 1. The van der Waals surface area contributed by atoms with Crippen molar-refractivity contribution in [2.45, 2.75) is 0 Å². The molecule has 1 aromatic rings. The predicted octanol–water partition coefficient (Wildman–Crippen LogP) is 2.03. The van der Waals surface area contributed by atoms with E-state index in [1.54, 1.807) is 7.05 Å². The summed E-state index contributed by atoms with van der Waals surface area (Å²) in [5.41, 5.74) is 1.20. The van der Waals surface area contributed by atoms with Crippen LogP contribution in [0.25, 0.3) is 5.57 Å². The standard InChI is InChI=1S/C11H10INO2/c1-13-6-9(14)10(11(13)15)7-2-4-8(12)5-3-7/h2-5,14H,6H2,1H3. The molecule has 78 valence electrons. The van der Waals surface area contributed by atoms with Crippen molar-refractivity contribution in [1.82, 2.24) is 4.90 Å². The fourth-order valence-corrected chi connectivity index (χ4v) is 1.96. The number of hydrogen-bond acceptors (Lipinski definition) is 2. The Morgan fingerprint density at radius 3 is 2.40 bits per heavy atom. The molecule has 1 amide bonds. The molecule has 2 rings (SSSR count). The molecule has 0 saturated heterocycles. The van der Waals surface area contributed by atoms with E-state index >= 15 is 0 Å². The molecule has 0 bridgehead atoms. The van der Waals surface area contributed by atoms with Gasteiger partial charge in [0.25, 0.3) is 5.91 Å². The van der Waals surface area contributed by atoms with Gasteiger partial charge in [0.2, 0.25) is 0 Å². The Balaban J connectivity index is 2.43. The van der Waals surface area contributed by atoms with Gasteiger partial charge >= 0.3 is 0 Å². The molecule has 15 heavy (non-hydrogen) atoms. The van der Waals surface area contributed by atoms with Crippen LogP contribution in [-0.4, -0.2) is 29.5 Å². The molecule has 0 atom stereocenters. The van der Waals surface area contributed by atoms with Gasteiger partial charge in [-0.15, -0.1) is 0 Å². The first-order valence-corrected chi connectivity index (χ1v) is 5.61. The van der Waals surface area contributed by atoms with Crippen molar-refractivity contribution < 1.29 is 9.90 Å². The normalized spacial score (nSPS) is 16.4. The Morgan fingerprint density at radius 1 is 1.33 bits per heavy atom. The van der Waals surface area contributed by atoms with Gasteiger partial charge in [0.05, 0.1) is 12.1 Å². The lowest BCUT2D eigenvalue weighted by molar-refractivity contribution is -0.122. The van der Waals surface area contributed by atoms with Crippen molar-refractivity contribution in [2.24, 2.45) is 0 Å². The molecule has 0 unspecified atom stereocenters. The predicted molar refractivity (Wildman–Crippen MR) is 66.3 cm³/mol. The van der Waals surface area contributed by atoms with E-state index in [4.69, 9.17) is 0 Å². The van der Waals surface area contributed by atoms with Gasteiger partial charge in [-0.2, -0.15) is 0 Å². The Morgan fingerprint density at radius 2 is 1.93 bits per heavy atom. The number of likely N-dealkylation sites (N-methyl/N-ethyl adjacent to an activating group) is 1. The van der Waals surface area contributed by atoms with E-state index < -0.39 is 0 Å². The summed E-state index contributed by atoms with van der Waals surface area (Å²) in [5, 5.41) is 9.67. The molecular formula is C11H10INO2. The summed E-state index contributed by atoms with van der Waals surface area (Å²) < 4.78 is 1.11. The van der Waals surface area contributed by atoms with Crippen LogP contribution in [0.5, 0.6) is 0 Å². The molecule has 0 aliphatic carbocycles. The SMILES string of the molecule is CN1CC(O)=C(c2ccc(I)cc2)C1=O. The minimum absolute atomic E-state index is 0.117. The van der Waals surface area contributed by atoms with E-state index in [0.717, 1.165) is 9.13 Å².